The summed E-state index contributed by atoms with van der Waals surface area (Å²) in [5, 5.41) is 0. The van der Waals surface area contributed by atoms with Crippen LogP contribution in [0.5, 0.6) is 0 Å². The van der Waals surface area contributed by atoms with Gasteiger partial charge in [0.2, 0.25) is 0 Å². The normalized spacial score (nSPS) is 20.1. The second-order valence-corrected chi connectivity index (χ2v) is 5.62. The third-order valence-electron chi connectivity index (χ3n) is 3.27. The number of hydrogen-bond acceptors (Lipinski definition) is 0. The van der Waals surface area contributed by atoms with Gasteiger partial charge in [0.25, 0.3) is 0 Å². The first-order valence-corrected chi connectivity index (χ1v) is 5.79. The number of hydrogen-bond donors (Lipinski definition) is 0. The monoisotopic (exact) mass is 192 g/mol. The molecule has 0 spiro atoms. The molecule has 0 heterocycles. The molecule has 0 aromatic heterocycles. The average Bonchev–Trinajstić information content (AvgIpc) is 2.53. The Hall–Kier alpha value is -0.520. The predicted octanol–water partition coefficient (Wildman–Crippen LogP) is 4.73. The van der Waals surface area contributed by atoms with Crippen molar-refractivity contribution in [3.05, 3.63) is 23.8 Å². The van der Waals surface area contributed by atoms with Crippen LogP contribution in [0.2, 0.25) is 0 Å². The summed E-state index contributed by atoms with van der Waals surface area (Å²) in [6.07, 6.45) is 8.04. The maximum atomic E-state index is 4.20. The van der Waals surface area contributed by atoms with Crippen LogP contribution in [0.3, 0.4) is 0 Å². The van der Waals surface area contributed by atoms with Gasteiger partial charge >= 0.3 is 0 Å². The molecule has 1 rings (SSSR count). The van der Waals surface area contributed by atoms with E-state index < -0.39 is 0 Å². The Bertz CT molecular complexity index is 231. The van der Waals surface area contributed by atoms with Crippen molar-refractivity contribution >= 4 is 0 Å². The second-order valence-electron chi connectivity index (χ2n) is 5.62. The van der Waals surface area contributed by atoms with Gasteiger partial charge in [-0.15, -0.1) is 0 Å². The lowest BCUT2D eigenvalue weighted by Crippen LogP contribution is -2.09. The molecular formula is C14H24. The fourth-order valence-electron chi connectivity index (χ4n) is 2.17. The maximum Gasteiger partial charge on any atom is -0.0135 e. The number of allylic oxidation sites excluding steroid dienone is 3. The molecule has 0 atom stereocenters. The average molecular weight is 192 g/mol. The van der Waals surface area contributed by atoms with E-state index in [1.807, 2.05) is 0 Å². The molecule has 1 aliphatic rings. The quantitative estimate of drug-likeness (QED) is 0.555. The molecule has 0 aromatic rings. The van der Waals surface area contributed by atoms with Gasteiger partial charge in [-0.1, -0.05) is 51.8 Å². The van der Waals surface area contributed by atoms with Crippen molar-refractivity contribution in [3.63, 3.8) is 0 Å². The molecule has 0 nitrogen and oxygen atoms in total. The Morgan fingerprint density at radius 3 is 2.14 bits per heavy atom. The topological polar surface area (TPSA) is 0 Å². The highest BCUT2D eigenvalue weighted by Crippen LogP contribution is 2.33. The van der Waals surface area contributed by atoms with Crippen molar-refractivity contribution in [3.8, 4) is 0 Å². The van der Waals surface area contributed by atoms with E-state index in [0.717, 1.165) is 5.92 Å². The molecule has 0 aliphatic heterocycles. The molecule has 14 heavy (non-hydrogen) atoms. The SMILES string of the molecule is C=C(/C(C)=C/C1CCCC1)C(C)(C)C. The molecule has 0 saturated heterocycles. The standard InChI is InChI=1S/C14H24/c1-11(12(2)14(3,4)5)10-13-8-6-7-9-13/h10,13H,2,6-9H2,1,3-5H3/b11-10+. The molecule has 0 amide bonds. The van der Waals surface area contributed by atoms with Gasteiger partial charge in [-0.05, 0) is 36.7 Å². The van der Waals surface area contributed by atoms with Gasteiger partial charge in [0.15, 0.2) is 0 Å². The van der Waals surface area contributed by atoms with E-state index in [1.165, 1.54) is 36.8 Å². The molecule has 0 radical (unpaired) electrons. The fraction of sp³-hybridized carbons (Fsp3) is 0.714. The van der Waals surface area contributed by atoms with E-state index >= 15 is 0 Å². The number of rotatable bonds is 2. The van der Waals surface area contributed by atoms with Gasteiger partial charge in [-0.2, -0.15) is 0 Å². The minimum Gasteiger partial charge on any atom is -0.0950 e. The van der Waals surface area contributed by atoms with Crippen molar-refractivity contribution in [2.45, 2.75) is 53.4 Å². The third kappa shape index (κ3) is 3.01. The summed E-state index contributed by atoms with van der Waals surface area (Å²) in [5.41, 5.74) is 2.92. The van der Waals surface area contributed by atoms with Gasteiger partial charge in [-0.25, -0.2) is 0 Å². The van der Waals surface area contributed by atoms with Gasteiger partial charge in [0, 0.05) is 0 Å². The summed E-state index contributed by atoms with van der Waals surface area (Å²) >= 11 is 0. The van der Waals surface area contributed by atoms with Crippen molar-refractivity contribution in [2.75, 3.05) is 0 Å². The first kappa shape index (κ1) is 11.6. The highest BCUT2D eigenvalue weighted by Gasteiger charge is 2.18. The Morgan fingerprint density at radius 2 is 1.71 bits per heavy atom. The second kappa shape index (κ2) is 4.33. The van der Waals surface area contributed by atoms with Crippen molar-refractivity contribution < 1.29 is 0 Å². The minimum atomic E-state index is 0.221. The largest absolute Gasteiger partial charge is 0.0950 e. The summed E-state index contributed by atoms with van der Waals surface area (Å²) < 4.78 is 0. The van der Waals surface area contributed by atoms with Crippen molar-refractivity contribution in [1.29, 1.82) is 0 Å². The Labute approximate surface area is 89.1 Å². The van der Waals surface area contributed by atoms with Crippen LogP contribution in [0, 0.1) is 11.3 Å². The minimum absolute atomic E-state index is 0.221. The van der Waals surface area contributed by atoms with Crippen LogP contribution in [0.1, 0.15) is 53.4 Å². The highest BCUT2D eigenvalue weighted by molar-refractivity contribution is 5.31. The lowest BCUT2D eigenvalue weighted by molar-refractivity contribution is 0.510. The zero-order valence-electron chi connectivity index (χ0n) is 10.2. The van der Waals surface area contributed by atoms with Crippen LogP contribution in [-0.2, 0) is 0 Å². The van der Waals surface area contributed by atoms with Crippen LogP contribution >= 0.6 is 0 Å². The summed E-state index contributed by atoms with van der Waals surface area (Å²) in [7, 11) is 0. The van der Waals surface area contributed by atoms with Crippen LogP contribution < -0.4 is 0 Å². The maximum absolute atomic E-state index is 4.20. The van der Waals surface area contributed by atoms with E-state index in [1.54, 1.807) is 0 Å². The van der Waals surface area contributed by atoms with Gasteiger partial charge in [0.05, 0.1) is 0 Å². The Kier molecular flexibility index (Phi) is 3.58. The van der Waals surface area contributed by atoms with Crippen LogP contribution in [-0.4, -0.2) is 0 Å². The molecule has 0 bridgehead atoms. The third-order valence-corrected chi connectivity index (χ3v) is 3.27. The summed E-state index contributed by atoms with van der Waals surface area (Å²) in [6, 6.07) is 0. The lowest BCUT2D eigenvalue weighted by Gasteiger charge is -2.23. The van der Waals surface area contributed by atoms with Gasteiger partial charge in [-0.3, -0.25) is 0 Å². The first-order chi connectivity index (χ1) is 6.41. The summed E-state index contributed by atoms with van der Waals surface area (Å²) in [6.45, 7) is 13.1. The molecule has 0 heteroatoms. The van der Waals surface area contributed by atoms with Crippen molar-refractivity contribution in [1.82, 2.24) is 0 Å². The van der Waals surface area contributed by atoms with E-state index in [4.69, 9.17) is 0 Å². The van der Waals surface area contributed by atoms with Crippen LogP contribution in [0.4, 0.5) is 0 Å². The molecule has 0 aromatic carbocycles. The molecule has 1 aliphatic carbocycles. The summed E-state index contributed by atoms with van der Waals surface area (Å²) in [4.78, 5) is 0. The van der Waals surface area contributed by atoms with E-state index in [0.29, 0.717) is 0 Å². The van der Waals surface area contributed by atoms with Crippen LogP contribution in [0.15, 0.2) is 23.8 Å². The molecular weight excluding hydrogens is 168 g/mol. The van der Waals surface area contributed by atoms with E-state index in [-0.39, 0.29) is 5.41 Å². The van der Waals surface area contributed by atoms with Gasteiger partial charge < -0.3 is 0 Å². The Morgan fingerprint density at radius 1 is 1.21 bits per heavy atom. The summed E-state index contributed by atoms with van der Waals surface area (Å²) in [5.74, 6) is 0.828. The molecule has 0 N–H and O–H groups in total. The zero-order valence-corrected chi connectivity index (χ0v) is 10.2. The first-order valence-electron chi connectivity index (χ1n) is 5.79. The molecule has 0 unspecified atom stereocenters. The smallest absolute Gasteiger partial charge is 0.0135 e. The zero-order chi connectivity index (χ0) is 10.8. The predicted molar refractivity (Wildman–Crippen MR) is 64.3 cm³/mol. The van der Waals surface area contributed by atoms with Gasteiger partial charge in [0.1, 0.15) is 0 Å². The molecule has 1 fully saturated rings. The van der Waals surface area contributed by atoms with E-state index in [9.17, 15) is 0 Å². The van der Waals surface area contributed by atoms with E-state index in [2.05, 4.69) is 40.3 Å². The van der Waals surface area contributed by atoms with Crippen molar-refractivity contribution in [2.24, 2.45) is 11.3 Å². The fourth-order valence-corrected chi connectivity index (χ4v) is 2.17. The van der Waals surface area contributed by atoms with Crippen LogP contribution in [0.25, 0.3) is 0 Å². The molecule has 1 saturated carbocycles. The molecule has 80 valence electrons. The lowest BCUT2D eigenvalue weighted by atomic mass is 9.82. The Balaban J connectivity index is 2.63. The highest BCUT2D eigenvalue weighted by atomic mass is 14.2.